The Morgan fingerprint density at radius 2 is 1.53 bits per heavy atom. The maximum Gasteiger partial charge on any atom is 0.328 e. The highest BCUT2D eigenvalue weighted by Gasteiger charge is 2.38. The summed E-state index contributed by atoms with van der Waals surface area (Å²) in [5.41, 5.74) is 3.74. The Labute approximate surface area is 207 Å². The number of hydrogen-bond donors (Lipinski definition) is 2. The quantitative estimate of drug-likeness (QED) is 0.449. The fourth-order valence-electron chi connectivity index (χ4n) is 4.24. The van der Waals surface area contributed by atoms with E-state index in [-0.39, 0.29) is 17.5 Å². The van der Waals surface area contributed by atoms with Crippen LogP contribution in [-0.2, 0) is 16.1 Å². The SMILES string of the molecule is COC(=O)C(C(C)C)N1Cc2cc(-c3ccc(NC(=O)Nc4ccc(F)c(F)c4)cc3)ccc2C1=O. The van der Waals surface area contributed by atoms with Crippen molar-refractivity contribution >= 4 is 29.3 Å². The monoisotopic (exact) mass is 493 g/mol. The van der Waals surface area contributed by atoms with Crippen LogP contribution in [0.2, 0.25) is 0 Å². The van der Waals surface area contributed by atoms with Gasteiger partial charge in [0.1, 0.15) is 6.04 Å². The van der Waals surface area contributed by atoms with Gasteiger partial charge in [-0.2, -0.15) is 0 Å². The fraction of sp³-hybridized carbons (Fsp3) is 0.222. The van der Waals surface area contributed by atoms with Crippen LogP contribution in [0.1, 0.15) is 29.8 Å². The van der Waals surface area contributed by atoms with Gasteiger partial charge in [-0.15, -0.1) is 0 Å². The molecule has 3 amide bonds. The topological polar surface area (TPSA) is 87.7 Å². The zero-order chi connectivity index (χ0) is 26.0. The van der Waals surface area contributed by atoms with Crippen molar-refractivity contribution in [2.75, 3.05) is 17.7 Å². The summed E-state index contributed by atoms with van der Waals surface area (Å²) >= 11 is 0. The molecule has 7 nitrogen and oxygen atoms in total. The minimum absolute atomic E-state index is 0.102. The number of anilines is 2. The number of nitrogens with one attached hydrogen (secondary N) is 2. The zero-order valence-corrected chi connectivity index (χ0v) is 20.0. The van der Waals surface area contributed by atoms with Crippen molar-refractivity contribution in [2.45, 2.75) is 26.4 Å². The molecule has 0 spiro atoms. The van der Waals surface area contributed by atoms with Gasteiger partial charge in [0, 0.05) is 29.5 Å². The molecule has 0 aliphatic carbocycles. The summed E-state index contributed by atoms with van der Waals surface area (Å²) in [6.45, 7) is 4.05. The number of halogens is 2. The van der Waals surface area contributed by atoms with Crippen molar-refractivity contribution in [1.29, 1.82) is 0 Å². The molecule has 36 heavy (non-hydrogen) atoms. The molecule has 1 unspecified atom stereocenters. The van der Waals surface area contributed by atoms with Crippen LogP contribution in [0.15, 0.2) is 60.7 Å². The first-order valence-corrected chi connectivity index (χ1v) is 11.3. The lowest BCUT2D eigenvalue weighted by Gasteiger charge is -2.28. The van der Waals surface area contributed by atoms with Gasteiger partial charge in [0.05, 0.1) is 7.11 Å². The maximum absolute atomic E-state index is 13.3. The second-order valence-corrected chi connectivity index (χ2v) is 8.80. The van der Waals surface area contributed by atoms with Crippen LogP contribution in [0.5, 0.6) is 0 Å². The highest BCUT2D eigenvalue weighted by molar-refractivity contribution is 6.01. The predicted molar refractivity (Wildman–Crippen MR) is 131 cm³/mol. The minimum atomic E-state index is -1.05. The molecule has 1 aliphatic heterocycles. The predicted octanol–water partition coefficient (Wildman–Crippen LogP) is 5.43. The van der Waals surface area contributed by atoms with Gasteiger partial charge in [-0.3, -0.25) is 4.79 Å². The lowest BCUT2D eigenvalue weighted by atomic mass is 10.0. The average Bonchev–Trinajstić information content (AvgIpc) is 3.16. The van der Waals surface area contributed by atoms with Gasteiger partial charge in [-0.05, 0) is 59.0 Å². The number of benzene rings is 3. The van der Waals surface area contributed by atoms with Gasteiger partial charge >= 0.3 is 12.0 Å². The van der Waals surface area contributed by atoms with Crippen LogP contribution in [0, 0.1) is 17.6 Å². The number of nitrogens with zero attached hydrogens (tertiary/aromatic N) is 1. The largest absolute Gasteiger partial charge is 0.467 e. The summed E-state index contributed by atoms with van der Waals surface area (Å²) in [4.78, 5) is 39.0. The standard InChI is InChI=1S/C27H25F2N3O4/c1-15(2)24(26(34)36-3)32-14-18-12-17(6-10-21(18)25(32)33)16-4-7-19(8-5-16)30-27(35)31-20-9-11-22(28)23(29)13-20/h4-13,15,24H,14H2,1-3H3,(H2,30,31,35). The maximum atomic E-state index is 13.3. The van der Waals surface area contributed by atoms with E-state index < -0.39 is 29.7 Å². The van der Waals surface area contributed by atoms with Gasteiger partial charge < -0.3 is 20.3 Å². The molecule has 4 rings (SSSR count). The van der Waals surface area contributed by atoms with E-state index in [1.54, 1.807) is 23.1 Å². The number of esters is 1. The number of rotatable bonds is 6. The van der Waals surface area contributed by atoms with E-state index in [1.165, 1.54) is 13.2 Å². The van der Waals surface area contributed by atoms with Crippen molar-refractivity contribution in [3.8, 4) is 11.1 Å². The molecule has 0 aromatic heterocycles. The first-order chi connectivity index (χ1) is 17.2. The second kappa shape index (κ2) is 10.2. The van der Waals surface area contributed by atoms with E-state index >= 15 is 0 Å². The van der Waals surface area contributed by atoms with Gasteiger partial charge in [0.2, 0.25) is 0 Å². The van der Waals surface area contributed by atoms with Crippen LogP contribution in [0.4, 0.5) is 25.0 Å². The summed E-state index contributed by atoms with van der Waals surface area (Å²) in [5, 5.41) is 5.08. The number of hydrogen-bond acceptors (Lipinski definition) is 4. The number of urea groups is 1. The van der Waals surface area contributed by atoms with Crippen molar-refractivity contribution in [3.05, 3.63) is 83.4 Å². The molecule has 0 fully saturated rings. The van der Waals surface area contributed by atoms with E-state index in [1.807, 2.05) is 38.1 Å². The molecule has 0 bridgehead atoms. The lowest BCUT2D eigenvalue weighted by Crippen LogP contribution is -2.45. The molecule has 186 valence electrons. The third-order valence-electron chi connectivity index (χ3n) is 6.00. The molecule has 1 atom stereocenters. The second-order valence-electron chi connectivity index (χ2n) is 8.80. The van der Waals surface area contributed by atoms with Gasteiger partial charge in [0.15, 0.2) is 11.6 Å². The van der Waals surface area contributed by atoms with E-state index in [9.17, 15) is 23.2 Å². The molecular formula is C27H25F2N3O4. The number of fused-ring (bicyclic) bond motifs is 1. The zero-order valence-electron chi connectivity index (χ0n) is 20.0. The summed E-state index contributed by atoms with van der Waals surface area (Å²) in [6, 6.07) is 14.4. The van der Waals surface area contributed by atoms with Gasteiger partial charge in [0.25, 0.3) is 5.91 Å². The number of carbonyl (C=O) groups is 3. The Morgan fingerprint density at radius 3 is 2.17 bits per heavy atom. The van der Waals surface area contributed by atoms with Gasteiger partial charge in [-0.25, -0.2) is 18.4 Å². The first-order valence-electron chi connectivity index (χ1n) is 11.3. The smallest absolute Gasteiger partial charge is 0.328 e. The molecule has 1 heterocycles. The van der Waals surface area contributed by atoms with E-state index in [0.717, 1.165) is 28.8 Å². The van der Waals surface area contributed by atoms with Crippen molar-refractivity contribution in [3.63, 3.8) is 0 Å². The molecular weight excluding hydrogens is 468 g/mol. The number of ether oxygens (including phenoxy) is 1. The minimum Gasteiger partial charge on any atom is -0.467 e. The molecule has 1 aliphatic rings. The number of carbonyl (C=O) groups excluding carboxylic acids is 3. The molecule has 0 radical (unpaired) electrons. The molecule has 2 N–H and O–H groups in total. The fourth-order valence-corrected chi connectivity index (χ4v) is 4.24. The Kier molecular flexibility index (Phi) is 7.00. The molecule has 0 saturated carbocycles. The van der Waals surface area contributed by atoms with Crippen LogP contribution < -0.4 is 10.6 Å². The summed E-state index contributed by atoms with van der Waals surface area (Å²) in [6.07, 6.45) is 0. The highest BCUT2D eigenvalue weighted by Crippen LogP contribution is 2.32. The van der Waals surface area contributed by atoms with E-state index in [0.29, 0.717) is 17.8 Å². The Balaban J connectivity index is 1.46. The Morgan fingerprint density at radius 1 is 0.889 bits per heavy atom. The van der Waals surface area contributed by atoms with Crippen molar-refractivity contribution in [1.82, 2.24) is 4.90 Å². The lowest BCUT2D eigenvalue weighted by molar-refractivity contribution is -0.147. The van der Waals surface area contributed by atoms with Gasteiger partial charge in [-0.1, -0.05) is 32.0 Å². The molecule has 3 aromatic carbocycles. The number of amides is 3. The highest BCUT2D eigenvalue weighted by atomic mass is 19.2. The molecule has 0 saturated heterocycles. The third kappa shape index (κ3) is 5.05. The van der Waals surface area contributed by atoms with Crippen LogP contribution in [0.3, 0.4) is 0 Å². The Bertz CT molecular complexity index is 1330. The normalized spacial score (nSPS) is 13.4. The summed E-state index contributed by atoms with van der Waals surface area (Å²) < 4.78 is 31.3. The van der Waals surface area contributed by atoms with Crippen molar-refractivity contribution in [2.24, 2.45) is 5.92 Å². The summed E-state index contributed by atoms with van der Waals surface area (Å²) in [7, 11) is 1.31. The van der Waals surface area contributed by atoms with E-state index in [4.69, 9.17) is 4.74 Å². The van der Waals surface area contributed by atoms with Crippen LogP contribution >= 0.6 is 0 Å². The number of methoxy groups -OCH3 is 1. The third-order valence-corrected chi connectivity index (χ3v) is 6.00. The average molecular weight is 494 g/mol. The van der Waals surface area contributed by atoms with Crippen LogP contribution in [-0.4, -0.2) is 36.0 Å². The molecule has 9 heteroatoms. The first kappa shape index (κ1) is 24.8. The van der Waals surface area contributed by atoms with E-state index in [2.05, 4.69) is 10.6 Å². The van der Waals surface area contributed by atoms with Crippen molar-refractivity contribution < 1.29 is 27.9 Å². The molecule has 3 aromatic rings. The Hall–Kier alpha value is -4.27. The summed E-state index contributed by atoms with van der Waals surface area (Å²) in [5.74, 6) is -2.80. The van der Waals surface area contributed by atoms with Crippen LogP contribution in [0.25, 0.3) is 11.1 Å².